The molecule has 3 atom stereocenters. The zero-order valence-electron chi connectivity index (χ0n) is 21.5. The van der Waals surface area contributed by atoms with E-state index in [1.165, 1.54) is 70.6 Å². The van der Waals surface area contributed by atoms with Crippen molar-refractivity contribution in [1.29, 1.82) is 0 Å². The Labute approximate surface area is 203 Å². The summed E-state index contributed by atoms with van der Waals surface area (Å²) >= 11 is 0. The molecule has 0 fully saturated rings. The van der Waals surface area contributed by atoms with Crippen LogP contribution in [0.1, 0.15) is 123 Å². The van der Waals surface area contributed by atoms with Crippen LogP contribution in [0.15, 0.2) is 24.3 Å². The van der Waals surface area contributed by atoms with Gasteiger partial charge in [-0.3, -0.25) is 4.79 Å². The van der Waals surface area contributed by atoms with Gasteiger partial charge in [0.2, 0.25) is 5.91 Å². The zero-order valence-corrected chi connectivity index (χ0v) is 21.5. The van der Waals surface area contributed by atoms with E-state index in [0.29, 0.717) is 6.42 Å². The normalized spacial score (nSPS) is 14.7. The topological polar surface area (TPSA) is 89.8 Å². The molecular weight excluding hydrogens is 414 g/mol. The highest BCUT2D eigenvalue weighted by molar-refractivity contribution is 5.76. The van der Waals surface area contributed by atoms with E-state index >= 15 is 0 Å². The van der Waals surface area contributed by atoms with Crippen molar-refractivity contribution in [3.8, 4) is 0 Å². The van der Waals surface area contributed by atoms with E-state index in [9.17, 15) is 20.1 Å². The SMILES string of the molecule is CCCCCC/C=C\CC(O)CC(=O)NC(CO)C(O)/C=C/CCCCCCCCCCC. The monoisotopic (exact) mass is 467 g/mol. The van der Waals surface area contributed by atoms with Crippen LogP contribution < -0.4 is 5.32 Å². The van der Waals surface area contributed by atoms with E-state index < -0.39 is 18.2 Å². The smallest absolute Gasteiger partial charge is 0.223 e. The number of rotatable bonds is 23. The predicted molar refractivity (Wildman–Crippen MR) is 139 cm³/mol. The highest BCUT2D eigenvalue weighted by atomic mass is 16.3. The van der Waals surface area contributed by atoms with Gasteiger partial charge in [-0.25, -0.2) is 0 Å². The molecular formula is C28H53NO4. The van der Waals surface area contributed by atoms with Gasteiger partial charge in [0, 0.05) is 0 Å². The maximum absolute atomic E-state index is 12.2. The molecule has 1 amide bonds. The summed E-state index contributed by atoms with van der Waals surface area (Å²) in [5.41, 5.74) is 0. The third-order valence-electron chi connectivity index (χ3n) is 5.98. The zero-order chi connectivity index (χ0) is 24.6. The summed E-state index contributed by atoms with van der Waals surface area (Å²) in [6.45, 7) is 4.08. The lowest BCUT2D eigenvalue weighted by molar-refractivity contribution is -0.124. The summed E-state index contributed by atoms with van der Waals surface area (Å²) < 4.78 is 0. The summed E-state index contributed by atoms with van der Waals surface area (Å²) in [7, 11) is 0. The van der Waals surface area contributed by atoms with Gasteiger partial charge in [-0.15, -0.1) is 0 Å². The summed E-state index contributed by atoms with van der Waals surface area (Å²) in [6, 6.07) is -0.752. The predicted octanol–water partition coefficient (Wildman–Crippen LogP) is 5.97. The van der Waals surface area contributed by atoms with Crippen LogP contribution in [0.3, 0.4) is 0 Å². The first-order valence-corrected chi connectivity index (χ1v) is 13.6. The molecule has 33 heavy (non-hydrogen) atoms. The highest BCUT2D eigenvalue weighted by Crippen LogP contribution is 2.11. The Balaban J connectivity index is 3.94. The van der Waals surface area contributed by atoms with Gasteiger partial charge in [-0.05, 0) is 32.1 Å². The van der Waals surface area contributed by atoms with Gasteiger partial charge in [0.1, 0.15) is 0 Å². The van der Waals surface area contributed by atoms with E-state index in [2.05, 4.69) is 25.2 Å². The van der Waals surface area contributed by atoms with Gasteiger partial charge in [-0.2, -0.15) is 0 Å². The molecule has 0 heterocycles. The van der Waals surface area contributed by atoms with Gasteiger partial charge < -0.3 is 20.6 Å². The number of aliphatic hydroxyl groups is 3. The summed E-state index contributed by atoms with van der Waals surface area (Å²) in [6.07, 6.45) is 24.6. The van der Waals surface area contributed by atoms with E-state index in [1.807, 2.05) is 12.2 Å². The Morgan fingerprint density at radius 2 is 1.27 bits per heavy atom. The Morgan fingerprint density at radius 3 is 1.85 bits per heavy atom. The Hall–Kier alpha value is -1.17. The molecule has 0 aromatic heterocycles. The van der Waals surface area contributed by atoms with Gasteiger partial charge in [0.25, 0.3) is 0 Å². The van der Waals surface area contributed by atoms with Crippen molar-refractivity contribution in [1.82, 2.24) is 5.32 Å². The number of allylic oxidation sites excluding steroid dienone is 2. The number of hydrogen-bond acceptors (Lipinski definition) is 4. The Bertz CT molecular complexity index is 492. The molecule has 0 aromatic carbocycles. The minimum Gasteiger partial charge on any atom is -0.394 e. The summed E-state index contributed by atoms with van der Waals surface area (Å²) in [5.74, 6) is -0.357. The van der Waals surface area contributed by atoms with Crippen molar-refractivity contribution in [2.45, 2.75) is 141 Å². The third kappa shape index (κ3) is 21.1. The lowest BCUT2D eigenvalue weighted by atomic mass is 10.1. The minimum absolute atomic E-state index is 0.0362. The molecule has 0 rings (SSSR count). The van der Waals surface area contributed by atoms with Crippen LogP contribution in [0.4, 0.5) is 0 Å². The van der Waals surface area contributed by atoms with Crippen molar-refractivity contribution < 1.29 is 20.1 Å². The van der Waals surface area contributed by atoms with Crippen LogP contribution in [-0.2, 0) is 4.79 Å². The van der Waals surface area contributed by atoms with Crippen molar-refractivity contribution >= 4 is 5.91 Å². The Morgan fingerprint density at radius 1 is 0.758 bits per heavy atom. The largest absolute Gasteiger partial charge is 0.394 e. The maximum atomic E-state index is 12.2. The quantitative estimate of drug-likeness (QED) is 0.110. The molecule has 0 saturated carbocycles. The number of amides is 1. The first-order valence-electron chi connectivity index (χ1n) is 13.6. The molecule has 194 valence electrons. The van der Waals surface area contributed by atoms with E-state index in [-0.39, 0.29) is 18.9 Å². The molecule has 5 nitrogen and oxygen atoms in total. The summed E-state index contributed by atoms with van der Waals surface area (Å²) in [4.78, 5) is 12.2. The van der Waals surface area contributed by atoms with E-state index in [0.717, 1.165) is 25.7 Å². The molecule has 0 aromatic rings. The number of nitrogens with one attached hydrogen (secondary N) is 1. The lowest BCUT2D eigenvalue weighted by Crippen LogP contribution is -2.45. The summed E-state index contributed by atoms with van der Waals surface area (Å²) in [5, 5.41) is 32.5. The molecule has 3 unspecified atom stereocenters. The first kappa shape index (κ1) is 31.8. The fourth-order valence-electron chi connectivity index (χ4n) is 3.80. The van der Waals surface area contributed by atoms with E-state index in [1.54, 1.807) is 6.08 Å². The average molecular weight is 468 g/mol. The highest BCUT2D eigenvalue weighted by Gasteiger charge is 2.19. The molecule has 0 radical (unpaired) electrons. The van der Waals surface area contributed by atoms with E-state index in [4.69, 9.17) is 0 Å². The second-order valence-electron chi connectivity index (χ2n) is 9.31. The molecule has 0 saturated heterocycles. The van der Waals surface area contributed by atoms with Crippen LogP contribution in [0, 0.1) is 0 Å². The maximum Gasteiger partial charge on any atom is 0.223 e. The minimum atomic E-state index is -0.933. The lowest BCUT2D eigenvalue weighted by Gasteiger charge is -2.20. The number of carbonyl (C=O) groups is 1. The molecule has 0 aliphatic heterocycles. The molecule has 4 N–H and O–H groups in total. The second kappa shape index (κ2) is 24.0. The van der Waals surface area contributed by atoms with Crippen molar-refractivity contribution in [3.63, 3.8) is 0 Å². The molecule has 0 bridgehead atoms. The molecule has 0 aliphatic rings. The number of unbranched alkanes of at least 4 members (excludes halogenated alkanes) is 13. The fourth-order valence-corrected chi connectivity index (χ4v) is 3.80. The standard InChI is InChI=1S/C28H53NO4/c1-3-5-7-9-11-12-13-14-16-18-20-22-27(32)26(24-30)29-28(33)23-25(31)21-19-17-15-10-8-6-4-2/h17,19-20,22,25-27,30-32H,3-16,18,21,23-24H2,1-2H3,(H,29,33)/b19-17-,22-20+. The molecule has 5 heteroatoms. The van der Waals surface area contributed by atoms with Crippen molar-refractivity contribution in [2.24, 2.45) is 0 Å². The number of carbonyl (C=O) groups excluding carboxylic acids is 1. The van der Waals surface area contributed by atoms with Crippen molar-refractivity contribution in [2.75, 3.05) is 6.61 Å². The first-order chi connectivity index (χ1) is 16.0. The van der Waals surface area contributed by atoms with Crippen LogP contribution in [0.5, 0.6) is 0 Å². The molecule has 0 aliphatic carbocycles. The van der Waals surface area contributed by atoms with Crippen LogP contribution >= 0.6 is 0 Å². The van der Waals surface area contributed by atoms with Crippen LogP contribution in [-0.4, -0.2) is 46.1 Å². The van der Waals surface area contributed by atoms with Crippen molar-refractivity contribution in [3.05, 3.63) is 24.3 Å². The number of hydrogen-bond donors (Lipinski definition) is 4. The van der Waals surface area contributed by atoms with Crippen LogP contribution in [0.2, 0.25) is 0 Å². The van der Waals surface area contributed by atoms with Crippen LogP contribution in [0.25, 0.3) is 0 Å². The van der Waals surface area contributed by atoms with Gasteiger partial charge in [0.05, 0.1) is 31.3 Å². The van der Waals surface area contributed by atoms with Gasteiger partial charge >= 0.3 is 0 Å². The van der Waals surface area contributed by atoms with Gasteiger partial charge in [-0.1, -0.05) is 109 Å². The number of aliphatic hydroxyl groups excluding tert-OH is 3. The van der Waals surface area contributed by atoms with Gasteiger partial charge in [0.15, 0.2) is 0 Å². The Kier molecular flexibility index (Phi) is 23.1. The fraction of sp³-hybridized carbons (Fsp3) is 0.821. The molecule has 0 spiro atoms. The third-order valence-corrected chi connectivity index (χ3v) is 5.98. The average Bonchev–Trinajstić information content (AvgIpc) is 2.80. The second-order valence-corrected chi connectivity index (χ2v) is 9.31.